The van der Waals surface area contributed by atoms with E-state index < -0.39 is 0 Å². The number of rotatable bonds is 2. The Morgan fingerprint density at radius 1 is 1.17 bits per heavy atom. The lowest BCUT2D eigenvalue weighted by Gasteiger charge is -2.06. The molecule has 3 aromatic rings. The van der Waals surface area contributed by atoms with Crippen LogP contribution in [0.4, 0.5) is 11.5 Å². The van der Waals surface area contributed by atoms with Gasteiger partial charge >= 0.3 is 0 Å². The summed E-state index contributed by atoms with van der Waals surface area (Å²) in [6, 6.07) is 11.8. The first-order chi connectivity index (χ1) is 8.88. The van der Waals surface area contributed by atoms with Crippen LogP contribution in [0.1, 0.15) is 5.69 Å². The van der Waals surface area contributed by atoms with Crippen molar-refractivity contribution in [2.24, 2.45) is 0 Å². The Balaban J connectivity index is 2.08. The summed E-state index contributed by atoms with van der Waals surface area (Å²) in [7, 11) is 0. The number of nitrogens with zero attached hydrogens (tertiary/aromatic N) is 4. The third-order valence-electron chi connectivity index (χ3n) is 2.58. The van der Waals surface area contributed by atoms with Gasteiger partial charge in [-0.3, -0.25) is 4.40 Å². The number of nitriles is 1. The maximum absolute atomic E-state index is 8.95. The zero-order chi connectivity index (χ0) is 12.4. The van der Waals surface area contributed by atoms with Crippen molar-refractivity contribution in [3.05, 3.63) is 54.6 Å². The molecule has 86 valence electrons. The Bertz CT molecular complexity index is 724. The van der Waals surface area contributed by atoms with Crippen molar-refractivity contribution >= 4 is 17.2 Å². The minimum absolute atomic E-state index is 0.489. The number of fused-ring (bicyclic) bond motifs is 1. The SMILES string of the molecule is N#Cc1cnc2c(Nc3ccccc3)nccn12. The van der Waals surface area contributed by atoms with Crippen molar-refractivity contribution < 1.29 is 0 Å². The van der Waals surface area contributed by atoms with E-state index in [1.807, 2.05) is 30.3 Å². The van der Waals surface area contributed by atoms with Crippen molar-refractivity contribution in [1.29, 1.82) is 5.26 Å². The van der Waals surface area contributed by atoms with Gasteiger partial charge in [-0.05, 0) is 12.1 Å². The zero-order valence-corrected chi connectivity index (χ0v) is 9.41. The minimum Gasteiger partial charge on any atom is -0.337 e. The number of anilines is 2. The molecule has 5 heteroatoms. The van der Waals surface area contributed by atoms with E-state index in [1.54, 1.807) is 16.8 Å². The molecule has 0 saturated heterocycles. The lowest BCUT2D eigenvalue weighted by molar-refractivity contribution is 1.11. The van der Waals surface area contributed by atoms with Gasteiger partial charge in [-0.2, -0.15) is 5.26 Å². The van der Waals surface area contributed by atoms with E-state index in [4.69, 9.17) is 5.26 Å². The van der Waals surface area contributed by atoms with Crippen LogP contribution in [0, 0.1) is 11.3 Å². The molecule has 0 fully saturated rings. The third kappa shape index (κ3) is 1.66. The molecule has 0 aliphatic heterocycles. The number of nitrogens with one attached hydrogen (secondary N) is 1. The number of hydrogen-bond donors (Lipinski definition) is 1. The van der Waals surface area contributed by atoms with Crippen LogP contribution in [0.5, 0.6) is 0 Å². The van der Waals surface area contributed by atoms with Gasteiger partial charge in [0, 0.05) is 18.1 Å². The Labute approximate surface area is 103 Å². The first-order valence-electron chi connectivity index (χ1n) is 5.43. The monoisotopic (exact) mass is 235 g/mol. The highest BCUT2D eigenvalue weighted by Gasteiger charge is 2.07. The second kappa shape index (κ2) is 4.18. The van der Waals surface area contributed by atoms with Crippen molar-refractivity contribution in [1.82, 2.24) is 14.4 Å². The molecule has 0 spiro atoms. The van der Waals surface area contributed by atoms with Gasteiger partial charge in [-0.15, -0.1) is 0 Å². The van der Waals surface area contributed by atoms with Crippen molar-refractivity contribution in [3.8, 4) is 6.07 Å². The van der Waals surface area contributed by atoms with Crippen LogP contribution in [-0.4, -0.2) is 14.4 Å². The second-order valence-electron chi connectivity index (χ2n) is 3.72. The van der Waals surface area contributed by atoms with Crippen LogP contribution >= 0.6 is 0 Å². The van der Waals surface area contributed by atoms with Crippen LogP contribution in [0.15, 0.2) is 48.9 Å². The van der Waals surface area contributed by atoms with Crippen molar-refractivity contribution in [2.45, 2.75) is 0 Å². The van der Waals surface area contributed by atoms with E-state index in [1.165, 1.54) is 6.20 Å². The number of para-hydroxylation sites is 1. The molecule has 18 heavy (non-hydrogen) atoms. The molecule has 1 N–H and O–H groups in total. The van der Waals surface area contributed by atoms with Crippen LogP contribution < -0.4 is 5.32 Å². The highest BCUT2D eigenvalue weighted by atomic mass is 15.1. The molecule has 2 aromatic heterocycles. The average Bonchev–Trinajstić information content (AvgIpc) is 2.84. The highest BCUT2D eigenvalue weighted by molar-refractivity contribution is 5.70. The molecule has 0 radical (unpaired) electrons. The molecule has 0 atom stereocenters. The quantitative estimate of drug-likeness (QED) is 0.740. The Hall–Kier alpha value is -2.87. The van der Waals surface area contributed by atoms with Gasteiger partial charge in [0.15, 0.2) is 11.5 Å². The summed E-state index contributed by atoms with van der Waals surface area (Å²) < 4.78 is 1.71. The van der Waals surface area contributed by atoms with Crippen molar-refractivity contribution in [3.63, 3.8) is 0 Å². The molecule has 0 amide bonds. The van der Waals surface area contributed by atoms with Gasteiger partial charge in [0.2, 0.25) is 0 Å². The van der Waals surface area contributed by atoms with Crippen molar-refractivity contribution in [2.75, 3.05) is 5.32 Å². The van der Waals surface area contributed by atoms with Gasteiger partial charge in [-0.1, -0.05) is 18.2 Å². The summed E-state index contributed by atoms with van der Waals surface area (Å²) in [6.07, 6.45) is 4.89. The van der Waals surface area contributed by atoms with E-state index in [0.717, 1.165) is 5.69 Å². The predicted molar refractivity (Wildman–Crippen MR) is 67.4 cm³/mol. The van der Waals surface area contributed by atoms with E-state index in [2.05, 4.69) is 21.4 Å². The van der Waals surface area contributed by atoms with E-state index in [-0.39, 0.29) is 0 Å². The highest BCUT2D eigenvalue weighted by Crippen LogP contribution is 2.18. The molecule has 1 aromatic carbocycles. The summed E-state index contributed by atoms with van der Waals surface area (Å²) in [4.78, 5) is 8.45. The molecular weight excluding hydrogens is 226 g/mol. The number of imidazole rings is 1. The molecule has 0 aliphatic carbocycles. The second-order valence-corrected chi connectivity index (χ2v) is 3.72. The number of benzene rings is 1. The fourth-order valence-corrected chi connectivity index (χ4v) is 1.75. The Kier molecular flexibility index (Phi) is 2.39. The van der Waals surface area contributed by atoms with Gasteiger partial charge < -0.3 is 5.32 Å². The van der Waals surface area contributed by atoms with E-state index in [0.29, 0.717) is 17.2 Å². The van der Waals surface area contributed by atoms with Crippen LogP contribution in [0.3, 0.4) is 0 Å². The lowest BCUT2D eigenvalue weighted by atomic mass is 10.3. The fraction of sp³-hybridized carbons (Fsp3) is 0. The van der Waals surface area contributed by atoms with Gasteiger partial charge in [-0.25, -0.2) is 9.97 Å². The Morgan fingerprint density at radius 2 is 2.00 bits per heavy atom. The maximum atomic E-state index is 8.95. The molecule has 0 bridgehead atoms. The van der Waals surface area contributed by atoms with Gasteiger partial charge in [0.1, 0.15) is 11.8 Å². The molecular formula is C13H9N5. The summed E-state index contributed by atoms with van der Waals surface area (Å²) in [6.45, 7) is 0. The standard InChI is InChI=1S/C13H9N5/c14-8-11-9-16-13-12(15-6-7-18(11)13)17-10-4-2-1-3-5-10/h1-7,9H,(H,15,17). The van der Waals surface area contributed by atoms with Gasteiger partial charge in [0.25, 0.3) is 0 Å². The molecule has 0 saturated carbocycles. The largest absolute Gasteiger partial charge is 0.337 e. The van der Waals surface area contributed by atoms with E-state index >= 15 is 0 Å². The average molecular weight is 235 g/mol. The maximum Gasteiger partial charge on any atom is 0.181 e. The molecule has 5 nitrogen and oxygen atoms in total. The molecule has 3 rings (SSSR count). The lowest BCUT2D eigenvalue weighted by Crippen LogP contribution is -1.98. The normalized spacial score (nSPS) is 10.2. The first kappa shape index (κ1) is 10.3. The Morgan fingerprint density at radius 3 is 2.78 bits per heavy atom. The fourth-order valence-electron chi connectivity index (χ4n) is 1.75. The molecule has 0 unspecified atom stereocenters. The molecule has 2 heterocycles. The topological polar surface area (TPSA) is 66.0 Å². The summed E-state index contributed by atoms with van der Waals surface area (Å²) in [5, 5.41) is 12.1. The van der Waals surface area contributed by atoms with Gasteiger partial charge in [0.05, 0.1) is 6.20 Å². The summed E-state index contributed by atoms with van der Waals surface area (Å²) in [5.41, 5.74) is 2.06. The first-order valence-corrected chi connectivity index (χ1v) is 5.43. The number of hydrogen-bond acceptors (Lipinski definition) is 4. The van der Waals surface area contributed by atoms with Crippen LogP contribution in [0.25, 0.3) is 5.65 Å². The number of aromatic nitrogens is 3. The summed E-state index contributed by atoms with van der Waals surface area (Å²) >= 11 is 0. The molecule has 0 aliphatic rings. The van der Waals surface area contributed by atoms with Crippen LogP contribution in [-0.2, 0) is 0 Å². The smallest absolute Gasteiger partial charge is 0.181 e. The zero-order valence-electron chi connectivity index (χ0n) is 9.41. The van der Waals surface area contributed by atoms with Crippen LogP contribution in [0.2, 0.25) is 0 Å². The third-order valence-corrected chi connectivity index (χ3v) is 2.58. The van der Waals surface area contributed by atoms with E-state index in [9.17, 15) is 0 Å². The summed E-state index contributed by atoms with van der Waals surface area (Å²) in [5.74, 6) is 0.630. The minimum atomic E-state index is 0.489. The predicted octanol–water partition coefficient (Wildman–Crippen LogP) is 2.34.